The second-order valence-corrected chi connectivity index (χ2v) is 5.89. The zero-order valence-corrected chi connectivity index (χ0v) is 14.9. The second kappa shape index (κ2) is 7.84. The number of nitrogens with zero attached hydrogens (tertiary/aromatic N) is 2. The van der Waals surface area contributed by atoms with Crippen LogP contribution in [0.4, 0.5) is 5.69 Å². The number of amides is 1. The molecule has 0 saturated heterocycles. The van der Waals surface area contributed by atoms with Crippen molar-refractivity contribution in [3.05, 3.63) is 71.1 Å². The van der Waals surface area contributed by atoms with Crippen LogP contribution in [-0.4, -0.2) is 23.0 Å². The van der Waals surface area contributed by atoms with E-state index >= 15 is 0 Å². The van der Waals surface area contributed by atoms with E-state index in [1.807, 2.05) is 25.1 Å². The van der Waals surface area contributed by atoms with Gasteiger partial charge in [0.1, 0.15) is 5.69 Å². The molecule has 0 unspecified atom stereocenters. The molecule has 6 nitrogen and oxygen atoms in total. The van der Waals surface area contributed by atoms with Gasteiger partial charge < -0.3 is 14.8 Å². The van der Waals surface area contributed by atoms with Gasteiger partial charge in [-0.15, -0.1) is 0 Å². The van der Waals surface area contributed by atoms with Gasteiger partial charge in [0.25, 0.3) is 5.91 Å². The maximum Gasteiger partial charge on any atom is 0.274 e. The molecule has 0 saturated carbocycles. The highest BCUT2D eigenvalue weighted by atomic mass is 35.5. The minimum atomic E-state index is -0.372. The van der Waals surface area contributed by atoms with Gasteiger partial charge in [0, 0.05) is 17.3 Å². The standard InChI is InChI=1S/C19H16ClN3O3/c1-12-3-5-16(17(9-12)25-2)26-18-6-4-14(11-22-18)23-19(24)15-10-13(20)7-8-21-15/h3-11H,1-2H3,(H,23,24). The third-order valence-corrected chi connectivity index (χ3v) is 3.72. The zero-order valence-electron chi connectivity index (χ0n) is 14.2. The molecular weight excluding hydrogens is 354 g/mol. The molecule has 7 heteroatoms. The van der Waals surface area contributed by atoms with Crippen LogP contribution in [0.15, 0.2) is 54.9 Å². The fraction of sp³-hybridized carbons (Fsp3) is 0.105. The molecule has 1 N–H and O–H groups in total. The Bertz CT molecular complexity index is 930. The van der Waals surface area contributed by atoms with Crippen molar-refractivity contribution in [3.63, 3.8) is 0 Å². The van der Waals surface area contributed by atoms with E-state index in [-0.39, 0.29) is 11.6 Å². The summed E-state index contributed by atoms with van der Waals surface area (Å²) in [6, 6.07) is 12.0. The molecule has 0 fully saturated rings. The van der Waals surface area contributed by atoms with E-state index in [1.54, 1.807) is 25.3 Å². The van der Waals surface area contributed by atoms with Crippen LogP contribution in [0.5, 0.6) is 17.4 Å². The highest BCUT2D eigenvalue weighted by molar-refractivity contribution is 6.30. The van der Waals surface area contributed by atoms with Crippen molar-refractivity contribution in [2.45, 2.75) is 6.92 Å². The lowest BCUT2D eigenvalue weighted by molar-refractivity contribution is 0.102. The normalized spacial score (nSPS) is 10.3. The van der Waals surface area contributed by atoms with Crippen LogP contribution in [0.2, 0.25) is 5.02 Å². The maximum atomic E-state index is 12.1. The minimum Gasteiger partial charge on any atom is -0.493 e. The van der Waals surface area contributed by atoms with Crippen molar-refractivity contribution in [2.24, 2.45) is 0 Å². The van der Waals surface area contributed by atoms with Gasteiger partial charge in [-0.05, 0) is 42.8 Å². The van der Waals surface area contributed by atoms with Crippen molar-refractivity contribution in [1.82, 2.24) is 9.97 Å². The Morgan fingerprint density at radius 3 is 2.62 bits per heavy atom. The first-order chi connectivity index (χ1) is 12.5. The van der Waals surface area contributed by atoms with Gasteiger partial charge in [0.2, 0.25) is 5.88 Å². The van der Waals surface area contributed by atoms with Crippen LogP contribution < -0.4 is 14.8 Å². The van der Waals surface area contributed by atoms with Gasteiger partial charge in [-0.1, -0.05) is 17.7 Å². The van der Waals surface area contributed by atoms with E-state index in [4.69, 9.17) is 21.1 Å². The Hall–Kier alpha value is -3.12. The minimum absolute atomic E-state index is 0.224. The van der Waals surface area contributed by atoms with Crippen LogP contribution in [-0.2, 0) is 0 Å². The van der Waals surface area contributed by atoms with Crippen LogP contribution in [0.3, 0.4) is 0 Å². The predicted octanol–water partition coefficient (Wildman–Crippen LogP) is 4.49. The lowest BCUT2D eigenvalue weighted by Gasteiger charge is -2.11. The molecule has 0 bridgehead atoms. The molecule has 0 radical (unpaired) electrons. The fourth-order valence-corrected chi connectivity index (χ4v) is 2.37. The van der Waals surface area contributed by atoms with Gasteiger partial charge in [0.05, 0.1) is 19.0 Å². The lowest BCUT2D eigenvalue weighted by atomic mass is 10.2. The van der Waals surface area contributed by atoms with Crippen molar-refractivity contribution in [1.29, 1.82) is 0 Å². The summed E-state index contributed by atoms with van der Waals surface area (Å²) in [5.74, 6) is 1.19. The third-order valence-electron chi connectivity index (χ3n) is 3.48. The van der Waals surface area contributed by atoms with Gasteiger partial charge >= 0.3 is 0 Å². The summed E-state index contributed by atoms with van der Waals surface area (Å²) in [4.78, 5) is 20.3. The summed E-state index contributed by atoms with van der Waals surface area (Å²) in [5.41, 5.74) is 1.80. The Morgan fingerprint density at radius 1 is 1.08 bits per heavy atom. The van der Waals surface area contributed by atoms with E-state index in [9.17, 15) is 4.79 Å². The number of pyridine rings is 2. The van der Waals surface area contributed by atoms with Gasteiger partial charge in [-0.2, -0.15) is 0 Å². The number of aryl methyl sites for hydroxylation is 1. The number of carbonyl (C=O) groups excluding carboxylic acids is 1. The van der Waals surface area contributed by atoms with E-state index in [0.29, 0.717) is 28.1 Å². The molecule has 0 spiro atoms. The summed E-state index contributed by atoms with van der Waals surface area (Å²) in [6.45, 7) is 1.97. The van der Waals surface area contributed by atoms with Crippen LogP contribution in [0.1, 0.15) is 16.1 Å². The van der Waals surface area contributed by atoms with E-state index < -0.39 is 0 Å². The SMILES string of the molecule is COc1cc(C)ccc1Oc1ccc(NC(=O)c2cc(Cl)ccn2)cn1. The largest absolute Gasteiger partial charge is 0.493 e. The first kappa shape index (κ1) is 17.7. The molecule has 1 aromatic carbocycles. The summed E-state index contributed by atoms with van der Waals surface area (Å²) in [5, 5.41) is 3.15. The molecule has 1 amide bonds. The number of rotatable bonds is 5. The van der Waals surface area contributed by atoms with Crippen molar-refractivity contribution in [2.75, 3.05) is 12.4 Å². The molecule has 132 valence electrons. The molecule has 0 aliphatic carbocycles. The number of halogens is 1. The lowest BCUT2D eigenvalue weighted by Crippen LogP contribution is -2.13. The summed E-state index contributed by atoms with van der Waals surface area (Å²) < 4.78 is 11.0. The highest BCUT2D eigenvalue weighted by Crippen LogP contribution is 2.31. The molecule has 0 atom stereocenters. The van der Waals surface area contributed by atoms with Crippen LogP contribution >= 0.6 is 11.6 Å². The zero-order chi connectivity index (χ0) is 18.5. The smallest absolute Gasteiger partial charge is 0.274 e. The number of hydrogen-bond donors (Lipinski definition) is 1. The number of benzene rings is 1. The molecule has 26 heavy (non-hydrogen) atoms. The molecule has 3 rings (SSSR count). The molecule has 2 heterocycles. The maximum absolute atomic E-state index is 12.1. The Kier molecular flexibility index (Phi) is 5.34. The number of methoxy groups -OCH3 is 1. The average molecular weight is 370 g/mol. The monoisotopic (exact) mass is 369 g/mol. The van der Waals surface area contributed by atoms with Gasteiger partial charge in [-0.25, -0.2) is 4.98 Å². The first-order valence-corrected chi connectivity index (χ1v) is 8.14. The fourth-order valence-electron chi connectivity index (χ4n) is 2.21. The van der Waals surface area contributed by atoms with E-state index in [0.717, 1.165) is 5.56 Å². The molecule has 0 aliphatic rings. The number of ether oxygens (including phenoxy) is 2. The topological polar surface area (TPSA) is 73.3 Å². The van der Waals surface area contributed by atoms with E-state index in [2.05, 4.69) is 15.3 Å². The number of carbonyl (C=O) groups is 1. The Morgan fingerprint density at radius 2 is 1.92 bits per heavy atom. The summed E-state index contributed by atoms with van der Waals surface area (Å²) in [6.07, 6.45) is 2.97. The quantitative estimate of drug-likeness (QED) is 0.717. The van der Waals surface area contributed by atoms with Crippen molar-refractivity contribution in [3.8, 4) is 17.4 Å². The molecule has 2 aromatic heterocycles. The molecule has 3 aromatic rings. The third kappa shape index (κ3) is 4.29. The van der Waals surface area contributed by atoms with Crippen molar-refractivity contribution >= 4 is 23.2 Å². The Labute approximate surface area is 155 Å². The van der Waals surface area contributed by atoms with Crippen molar-refractivity contribution < 1.29 is 14.3 Å². The highest BCUT2D eigenvalue weighted by Gasteiger charge is 2.10. The van der Waals surface area contributed by atoms with Crippen LogP contribution in [0, 0.1) is 6.92 Å². The van der Waals surface area contributed by atoms with Crippen LogP contribution in [0.25, 0.3) is 0 Å². The first-order valence-electron chi connectivity index (χ1n) is 7.76. The molecule has 0 aliphatic heterocycles. The van der Waals surface area contributed by atoms with Gasteiger partial charge in [0.15, 0.2) is 11.5 Å². The Balaban J connectivity index is 1.70. The average Bonchev–Trinajstić information content (AvgIpc) is 2.64. The number of nitrogens with one attached hydrogen (secondary N) is 1. The summed E-state index contributed by atoms with van der Waals surface area (Å²) >= 11 is 5.87. The number of anilines is 1. The number of hydrogen-bond acceptors (Lipinski definition) is 5. The second-order valence-electron chi connectivity index (χ2n) is 5.45. The summed E-state index contributed by atoms with van der Waals surface area (Å²) in [7, 11) is 1.58. The number of aromatic nitrogens is 2. The van der Waals surface area contributed by atoms with E-state index in [1.165, 1.54) is 18.5 Å². The molecular formula is C19H16ClN3O3. The predicted molar refractivity (Wildman–Crippen MR) is 99.2 cm³/mol. The van der Waals surface area contributed by atoms with Gasteiger partial charge in [-0.3, -0.25) is 9.78 Å².